The molecule has 0 unspecified atom stereocenters. The lowest BCUT2D eigenvalue weighted by atomic mass is 10.0. The molecule has 0 saturated heterocycles. The number of rotatable bonds is 2. The second-order valence-corrected chi connectivity index (χ2v) is 4.96. The number of carbonyl (C=O) groups is 1. The van der Waals surface area contributed by atoms with Crippen molar-refractivity contribution in [3.63, 3.8) is 0 Å². The fraction of sp³-hybridized carbons (Fsp3) is 0.214. The average Bonchev–Trinajstić information content (AvgIpc) is 2.85. The quantitative estimate of drug-likeness (QED) is 0.885. The first-order valence-electron chi connectivity index (χ1n) is 6.08. The van der Waals surface area contributed by atoms with Crippen LogP contribution in [0, 0.1) is 0 Å². The fourth-order valence-electron chi connectivity index (χ4n) is 2.18. The number of benzene rings is 1. The Morgan fingerprint density at radius 1 is 1.42 bits per heavy atom. The molecule has 19 heavy (non-hydrogen) atoms. The van der Waals surface area contributed by atoms with Crippen LogP contribution in [0.1, 0.15) is 16.1 Å². The largest absolute Gasteiger partial charge is 0.491 e. The molecule has 1 aromatic carbocycles. The number of hydrogen-bond acceptors (Lipinski definition) is 2. The standard InChI is InChI=1S/C14H13ClN2O2/c15-10-6-12(16-7-10)14(18)17-11-5-9-3-1-2-4-13(9)19-8-11/h1-4,6-7,11,16H,5,8H2,(H,17,18)/t11-/m0/s1. The van der Waals surface area contributed by atoms with E-state index in [1.807, 2.05) is 24.3 Å². The molecule has 0 spiro atoms. The Kier molecular flexibility index (Phi) is 3.17. The number of aromatic amines is 1. The highest BCUT2D eigenvalue weighted by Gasteiger charge is 2.21. The van der Waals surface area contributed by atoms with E-state index >= 15 is 0 Å². The van der Waals surface area contributed by atoms with Crippen molar-refractivity contribution in [3.8, 4) is 5.75 Å². The van der Waals surface area contributed by atoms with Gasteiger partial charge in [-0.25, -0.2) is 0 Å². The topological polar surface area (TPSA) is 54.1 Å². The van der Waals surface area contributed by atoms with Crippen LogP contribution in [-0.4, -0.2) is 23.5 Å². The van der Waals surface area contributed by atoms with E-state index in [4.69, 9.17) is 16.3 Å². The minimum atomic E-state index is -0.167. The van der Waals surface area contributed by atoms with E-state index < -0.39 is 0 Å². The monoisotopic (exact) mass is 276 g/mol. The Labute approximate surface area is 115 Å². The number of nitrogens with one attached hydrogen (secondary N) is 2. The molecule has 1 aliphatic rings. The third-order valence-corrected chi connectivity index (χ3v) is 3.32. The summed E-state index contributed by atoms with van der Waals surface area (Å²) < 4.78 is 5.63. The molecule has 5 heteroatoms. The van der Waals surface area contributed by atoms with Crippen LogP contribution < -0.4 is 10.1 Å². The van der Waals surface area contributed by atoms with Gasteiger partial charge in [-0.05, 0) is 24.1 Å². The molecule has 98 valence electrons. The number of aromatic nitrogens is 1. The van der Waals surface area contributed by atoms with E-state index in [0.29, 0.717) is 17.3 Å². The summed E-state index contributed by atoms with van der Waals surface area (Å²) in [6.45, 7) is 0.483. The van der Waals surface area contributed by atoms with Crippen LogP contribution in [0.2, 0.25) is 5.02 Å². The molecule has 4 nitrogen and oxygen atoms in total. The first-order chi connectivity index (χ1) is 9.22. The van der Waals surface area contributed by atoms with Gasteiger partial charge in [0, 0.05) is 6.20 Å². The zero-order valence-corrected chi connectivity index (χ0v) is 10.9. The van der Waals surface area contributed by atoms with Crippen molar-refractivity contribution in [1.82, 2.24) is 10.3 Å². The number of para-hydroxylation sites is 1. The van der Waals surface area contributed by atoms with E-state index in [1.54, 1.807) is 12.3 Å². The molecule has 1 aromatic heterocycles. The van der Waals surface area contributed by atoms with Crippen LogP contribution in [-0.2, 0) is 6.42 Å². The lowest BCUT2D eigenvalue weighted by molar-refractivity contribution is 0.0911. The van der Waals surface area contributed by atoms with E-state index in [9.17, 15) is 4.79 Å². The summed E-state index contributed by atoms with van der Waals surface area (Å²) in [6.07, 6.45) is 2.36. The van der Waals surface area contributed by atoms with Gasteiger partial charge in [-0.1, -0.05) is 29.8 Å². The van der Waals surface area contributed by atoms with Crippen molar-refractivity contribution >= 4 is 17.5 Å². The van der Waals surface area contributed by atoms with Gasteiger partial charge < -0.3 is 15.0 Å². The van der Waals surface area contributed by atoms with E-state index in [1.165, 1.54) is 0 Å². The van der Waals surface area contributed by atoms with E-state index in [-0.39, 0.29) is 11.9 Å². The van der Waals surface area contributed by atoms with Crippen LogP contribution in [0.4, 0.5) is 0 Å². The smallest absolute Gasteiger partial charge is 0.268 e. The molecule has 1 atom stereocenters. The lowest BCUT2D eigenvalue weighted by Crippen LogP contribution is -2.42. The van der Waals surface area contributed by atoms with Crippen molar-refractivity contribution in [2.75, 3.05) is 6.61 Å². The van der Waals surface area contributed by atoms with Crippen molar-refractivity contribution in [2.24, 2.45) is 0 Å². The summed E-state index contributed by atoms with van der Waals surface area (Å²) in [7, 11) is 0. The number of amides is 1. The highest BCUT2D eigenvalue weighted by atomic mass is 35.5. The Bertz CT molecular complexity index is 609. The summed E-state index contributed by atoms with van der Waals surface area (Å²) >= 11 is 5.78. The van der Waals surface area contributed by atoms with Gasteiger partial charge in [0.15, 0.2) is 0 Å². The second-order valence-electron chi connectivity index (χ2n) is 4.52. The third kappa shape index (κ3) is 2.58. The molecule has 0 bridgehead atoms. The molecule has 0 fully saturated rings. The van der Waals surface area contributed by atoms with Gasteiger partial charge in [-0.15, -0.1) is 0 Å². The van der Waals surface area contributed by atoms with E-state index in [0.717, 1.165) is 17.7 Å². The highest BCUT2D eigenvalue weighted by Crippen LogP contribution is 2.24. The molecule has 0 radical (unpaired) electrons. The zero-order valence-electron chi connectivity index (χ0n) is 10.2. The molecule has 2 aromatic rings. The van der Waals surface area contributed by atoms with Gasteiger partial charge in [0.1, 0.15) is 18.1 Å². The Hall–Kier alpha value is -1.94. The van der Waals surface area contributed by atoms with Gasteiger partial charge in [0.2, 0.25) is 0 Å². The molecular weight excluding hydrogens is 264 g/mol. The van der Waals surface area contributed by atoms with Crippen molar-refractivity contribution < 1.29 is 9.53 Å². The predicted octanol–water partition coefficient (Wildman–Crippen LogP) is 2.40. The maximum absolute atomic E-state index is 12.0. The molecular formula is C14H13ClN2O2. The number of carbonyl (C=O) groups excluding carboxylic acids is 1. The van der Waals surface area contributed by atoms with Gasteiger partial charge in [0.25, 0.3) is 5.91 Å². The summed E-state index contributed by atoms with van der Waals surface area (Å²) in [6, 6.07) is 9.45. The highest BCUT2D eigenvalue weighted by molar-refractivity contribution is 6.30. The number of hydrogen-bond donors (Lipinski definition) is 2. The lowest BCUT2D eigenvalue weighted by Gasteiger charge is -2.25. The normalized spacial score (nSPS) is 17.4. The summed E-state index contributed by atoms with van der Waals surface area (Å²) in [5, 5.41) is 3.46. The third-order valence-electron chi connectivity index (χ3n) is 3.11. The fourth-order valence-corrected chi connectivity index (χ4v) is 2.35. The summed E-state index contributed by atoms with van der Waals surface area (Å²) in [4.78, 5) is 14.8. The molecule has 2 heterocycles. The maximum atomic E-state index is 12.0. The first-order valence-corrected chi connectivity index (χ1v) is 6.45. The average molecular weight is 277 g/mol. The Morgan fingerprint density at radius 3 is 3.05 bits per heavy atom. The van der Waals surface area contributed by atoms with Crippen LogP contribution in [0.5, 0.6) is 5.75 Å². The Morgan fingerprint density at radius 2 is 2.26 bits per heavy atom. The van der Waals surface area contributed by atoms with Crippen LogP contribution in [0.25, 0.3) is 0 Å². The molecule has 2 N–H and O–H groups in total. The SMILES string of the molecule is O=C(N[C@@H]1COc2ccccc2C1)c1cc(Cl)c[nH]1. The number of fused-ring (bicyclic) bond motifs is 1. The molecule has 0 aliphatic carbocycles. The summed E-state index contributed by atoms with van der Waals surface area (Å²) in [5.41, 5.74) is 1.58. The molecule has 3 rings (SSSR count). The van der Waals surface area contributed by atoms with Crippen molar-refractivity contribution in [1.29, 1.82) is 0 Å². The number of halogens is 1. The van der Waals surface area contributed by atoms with Crippen molar-refractivity contribution in [2.45, 2.75) is 12.5 Å². The second kappa shape index (κ2) is 4.97. The minimum Gasteiger partial charge on any atom is -0.491 e. The van der Waals surface area contributed by atoms with E-state index in [2.05, 4.69) is 10.3 Å². The van der Waals surface area contributed by atoms with Gasteiger partial charge in [-0.2, -0.15) is 0 Å². The zero-order chi connectivity index (χ0) is 13.2. The minimum absolute atomic E-state index is 0.0236. The van der Waals surface area contributed by atoms with Crippen molar-refractivity contribution in [3.05, 3.63) is 52.8 Å². The van der Waals surface area contributed by atoms with Gasteiger partial charge in [-0.3, -0.25) is 4.79 Å². The maximum Gasteiger partial charge on any atom is 0.268 e. The van der Waals surface area contributed by atoms with Crippen LogP contribution in [0.15, 0.2) is 36.5 Å². The predicted molar refractivity (Wildman–Crippen MR) is 72.7 cm³/mol. The molecule has 1 aliphatic heterocycles. The molecule has 0 saturated carbocycles. The summed E-state index contributed by atoms with van der Waals surface area (Å²) in [5.74, 6) is 0.732. The van der Waals surface area contributed by atoms with Gasteiger partial charge in [0.05, 0.1) is 11.1 Å². The number of H-pyrrole nitrogens is 1. The van der Waals surface area contributed by atoms with Crippen LogP contribution >= 0.6 is 11.6 Å². The number of ether oxygens (including phenoxy) is 1. The van der Waals surface area contributed by atoms with Gasteiger partial charge >= 0.3 is 0 Å². The first kappa shape index (κ1) is 12.1. The van der Waals surface area contributed by atoms with Crippen LogP contribution in [0.3, 0.4) is 0 Å². The molecule has 1 amide bonds. The Balaban J connectivity index is 1.68.